The molecule has 0 aliphatic heterocycles. The molecular weight excluding hydrogens is 591 g/mol. The molecule has 240 valence electrons. The lowest BCUT2D eigenvalue weighted by atomic mass is 9.98. The van der Waals surface area contributed by atoms with Gasteiger partial charge in [0.2, 0.25) is 5.91 Å². The third-order valence-electron chi connectivity index (χ3n) is 6.75. The van der Waals surface area contributed by atoms with Gasteiger partial charge >= 0.3 is 11.7 Å². The number of carbonyl (C=O) groups excluding carboxylic acids is 2. The number of nitrogens with zero attached hydrogens (tertiary/aromatic N) is 3. The number of aryl methyl sites for hydroxylation is 3. The molecular formula is C31H41FN4O7S. The van der Waals surface area contributed by atoms with Crippen LogP contribution < -0.4 is 21.3 Å². The number of aliphatic hydroxyl groups is 1. The summed E-state index contributed by atoms with van der Waals surface area (Å²) in [6, 6.07) is 5.82. The van der Waals surface area contributed by atoms with Crippen LogP contribution in [0.4, 0.5) is 4.39 Å². The first-order valence-corrected chi connectivity index (χ1v) is 14.9. The van der Waals surface area contributed by atoms with Crippen molar-refractivity contribution in [1.82, 2.24) is 14.5 Å². The monoisotopic (exact) mass is 632 g/mol. The van der Waals surface area contributed by atoms with E-state index in [2.05, 4.69) is 5.32 Å². The van der Waals surface area contributed by atoms with Gasteiger partial charge in [0.05, 0.1) is 37.2 Å². The number of fused-ring (bicyclic) bond motifs is 1. The van der Waals surface area contributed by atoms with Crippen LogP contribution in [0.5, 0.6) is 5.75 Å². The minimum atomic E-state index is -1.54. The molecule has 11 nitrogen and oxygen atoms in total. The molecule has 0 atom stereocenters. The van der Waals surface area contributed by atoms with Crippen LogP contribution in [0.2, 0.25) is 0 Å². The largest absolute Gasteiger partial charge is 0.496 e. The summed E-state index contributed by atoms with van der Waals surface area (Å²) < 4.78 is 26.7. The van der Waals surface area contributed by atoms with Crippen LogP contribution in [0.15, 0.2) is 27.8 Å². The van der Waals surface area contributed by atoms with E-state index in [1.807, 2.05) is 6.07 Å². The van der Waals surface area contributed by atoms with E-state index >= 15 is 0 Å². The van der Waals surface area contributed by atoms with E-state index in [-0.39, 0.29) is 47.3 Å². The van der Waals surface area contributed by atoms with Crippen LogP contribution in [-0.2, 0) is 28.0 Å². The molecule has 0 aliphatic rings. The highest BCUT2D eigenvalue weighted by Crippen LogP contribution is 2.30. The number of methoxy groups -OCH3 is 1. The number of nitrogens with one attached hydrogen (secondary N) is 1. The first kappa shape index (κ1) is 36.2. The molecule has 44 heavy (non-hydrogen) atoms. The minimum absolute atomic E-state index is 0.0412. The molecule has 2 heterocycles. The van der Waals surface area contributed by atoms with Gasteiger partial charge in [-0.05, 0) is 91.1 Å². The molecule has 0 saturated carbocycles. The summed E-state index contributed by atoms with van der Waals surface area (Å²) in [6.45, 7) is 13.3. The van der Waals surface area contributed by atoms with Crippen LogP contribution in [0.25, 0.3) is 10.2 Å². The topological polar surface area (TPSA) is 153 Å². The van der Waals surface area contributed by atoms with Crippen molar-refractivity contribution in [2.24, 2.45) is 5.41 Å². The highest BCUT2D eigenvalue weighted by Gasteiger charge is 2.36. The Labute approximate surface area is 259 Å². The highest BCUT2D eigenvalue weighted by atomic mass is 32.1. The van der Waals surface area contributed by atoms with E-state index in [0.717, 1.165) is 15.9 Å². The number of esters is 1. The number of hydrogen-bond acceptors (Lipinski definition) is 9. The molecule has 2 aromatic heterocycles. The van der Waals surface area contributed by atoms with Crippen LogP contribution in [0, 0.1) is 29.5 Å². The van der Waals surface area contributed by atoms with Crippen molar-refractivity contribution < 1.29 is 28.6 Å². The average molecular weight is 633 g/mol. The van der Waals surface area contributed by atoms with Crippen LogP contribution in [-0.4, -0.2) is 52.5 Å². The molecule has 1 amide bonds. The molecule has 13 heteroatoms. The van der Waals surface area contributed by atoms with Crippen molar-refractivity contribution in [2.45, 2.75) is 79.9 Å². The summed E-state index contributed by atoms with van der Waals surface area (Å²) in [5.41, 5.74) is -2.59. The van der Waals surface area contributed by atoms with Crippen molar-refractivity contribution >= 4 is 33.4 Å². The lowest BCUT2D eigenvalue weighted by molar-refractivity contribution is -0.129. The zero-order chi connectivity index (χ0) is 33.6. The van der Waals surface area contributed by atoms with Crippen molar-refractivity contribution in [3.63, 3.8) is 0 Å². The van der Waals surface area contributed by atoms with Crippen molar-refractivity contribution in [3.05, 3.63) is 60.9 Å². The second kappa shape index (κ2) is 14.6. The number of benzene rings is 1. The van der Waals surface area contributed by atoms with Gasteiger partial charge in [-0.15, -0.1) is 11.3 Å². The summed E-state index contributed by atoms with van der Waals surface area (Å²) in [4.78, 5) is 53.7. The van der Waals surface area contributed by atoms with E-state index in [0.29, 0.717) is 16.9 Å². The summed E-state index contributed by atoms with van der Waals surface area (Å²) in [6.07, 6.45) is 0.193. The zero-order valence-electron chi connectivity index (χ0n) is 26.7. The molecule has 0 aliphatic carbocycles. The van der Waals surface area contributed by atoms with Crippen LogP contribution in [0.1, 0.15) is 69.3 Å². The molecule has 0 fully saturated rings. The molecule has 3 rings (SSSR count). The molecule has 0 unspecified atom stereocenters. The Bertz CT molecular complexity index is 1680. The first-order chi connectivity index (χ1) is 20.5. The number of halogens is 1. The SMILES string of the molecule is CC(C)(C#N)CO.CCOC(=O)c1sc2c(c1C)c(=O)n(C(C)(C)C(=O)NC(C)C)c(=O)n2CCc1cc(F)ccc1OC. The third kappa shape index (κ3) is 7.92. The molecule has 3 aromatic rings. The van der Waals surface area contributed by atoms with Crippen LogP contribution >= 0.6 is 11.3 Å². The van der Waals surface area contributed by atoms with E-state index in [1.54, 1.807) is 41.5 Å². The van der Waals surface area contributed by atoms with E-state index < -0.39 is 39.9 Å². The Morgan fingerprint density at radius 1 is 1.20 bits per heavy atom. The fourth-order valence-corrected chi connectivity index (χ4v) is 5.39. The summed E-state index contributed by atoms with van der Waals surface area (Å²) in [5, 5.41) is 19.5. The average Bonchev–Trinajstić information content (AvgIpc) is 3.30. The van der Waals surface area contributed by atoms with Gasteiger partial charge in [0.25, 0.3) is 5.56 Å². The third-order valence-corrected chi connectivity index (χ3v) is 8.05. The smallest absolute Gasteiger partial charge is 0.348 e. The number of amides is 1. The lowest BCUT2D eigenvalue weighted by Gasteiger charge is -2.27. The summed E-state index contributed by atoms with van der Waals surface area (Å²) >= 11 is 0.983. The van der Waals surface area contributed by atoms with Crippen molar-refractivity contribution in [1.29, 1.82) is 5.26 Å². The number of rotatable bonds is 10. The molecule has 1 aromatic carbocycles. The summed E-state index contributed by atoms with van der Waals surface area (Å²) in [7, 11) is 1.46. The minimum Gasteiger partial charge on any atom is -0.496 e. The zero-order valence-corrected chi connectivity index (χ0v) is 27.5. The van der Waals surface area contributed by atoms with Gasteiger partial charge in [0, 0.05) is 12.6 Å². The predicted molar refractivity (Wildman–Crippen MR) is 167 cm³/mol. The number of hydrogen-bond donors (Lipinski definition) is 2. The van der Waals surface area contributed by atoms with Gasteiger partial charge in [-0.3, -0.25) is 14.2 Å². The second-order valence-corrected chi connectivity index (χ2v) is 12.6. The normalized spacial score (nSPS) is 11.5. The van der Waals surface area contributed by atoms with E-state index in [4.69, 9.17) is 19.8 Å². The number of aliphatic hydroxyl groups excluding tert-OH is 1. The maximum Gasteiger partial charge on any atom is 0.348 e. The maximum atomic E-state index is 14.0. The molecule has 0 spiro atoms. The Balaban J connectivity index is 0.000000860. The number of thiophene rings is 1. The molecule has 0 radical (unpaired) electrons. The summed E-state index contributed by atoms with van der Waals surface area (Å²) in [5.74, 6) is -1.11. The highest BCUT2D eigenvalue weighted by molar-refractivity contribution is 7.20. The Kier molecular flexibility index (Phi) is 12.0. The molecule has 0 saturated heterocycles. The van der Waals surface area contributed by atoms with Gasteiger partial charge in [-0.1, -0.05) is 0 Å². The van der Waals surface area contributed by atoms with Gasteiger partial charge < -0.3 is 19.9 Å². The number of ether oxygens (including phenoxy) is 2. The molecule has 2 N–H and O–H groups in total. The number of nitriles is 1. The number of aromatic nitrogens is 2. The Hall–Kier alpha value is -4.02. The number of carbonyl (C=O) groups is 2. The van der Waals surface area contributed by atoms with Crippen molar-refractivity contribution in [2.75, 3.05) is 20.3 Å². The standard InChI is InChI=1S/C26H32FN3O6S.C5H9NO/c1-8-36-23(32)20-15(4)19-21(31)30(26(5,6)24(33)28-14(2)3)25(34)29(22(19)37-20)12-11-16-13-17(27)9-10-18(16)35-7;1-5(2,3-6)4-7/h9-10,13-14H,8,11-12H2,1-7H3,(H,28,33);7H,4H2,1-2H3. The van der Waals surface area contributed by atoms with E-state index in [1.165, 1.54) is 43.7 Å². The van der Waals surface area contributed by atoms with Gasteiger partial charge in [-0.2, -0.15) is 5.26 Å². The lowest BCUT2D eigenvalue weighted by Crippen LogP contribution is -2.56. The fourth-order valence-electron chi connectivity index (χ4n) is 4.18. The van der Waals surface area contributed by atoms with Gasteiger partial charge in [0.15, 0.2) is 0 Å². The second-order valence-electron chi connectivity index (χ2n) is 11.6. The van der Waals surface area contributed by atoms with Gasteiger partial charge in [-0.25, -0.2) is 18.5 Å². The molecule has 0 bridgehead atoms. The van der Waals surface area contributed by atoms with Gasteiger partial charge in [0.1, 0.15) is 26.8 Å². The van der Waals surface area contributed by atoms with Crippen LogP contribution in [0.3, 0.4) is 0 Å². The quantitative estimate of drug-likeness (QED) is 0.320. The van der Waals surface area contributed by atoms with Crippen molar-refractivity contribution in [3.8, 4) is 11.8 Å². The fraction of sp³-hybridized carbons (Fsp3) is 0.516. The first-order valence-electron chi connectivity index (χ1n) is 14.1. The van der Waals surface area contributed by atoms with E-state index in [9.17, 15) is 23.6 Å². The predicted octanol–water partition coefficient (Wildman–Crippen LogP) is 3.89. The maximum absolute atomic E-state index is 14.0. The Morgan fingerprint density at radius 2 is 1.84 bits per heavy atom. The Morgan fingerprint density at radius 3 is 2.34 bits per heavy atom.